The number of nitrogens with zero attached hydrogens (tertiary/aromatic N) is 2. The second-order valence-corrected chi connectivity index (χ2v) is 4.30. The van der Waals surface area contributed by atoms with Gasteiger partial charge in [-0.25, -0.2) is 4.98 Å². The van der Waals surface area contributed by atoms with Crippen LogP contribution in [0.2, 0.25) is 0 Å². The average Bonchev–Trinajstić information content (AvgIpc) is 2.47. The fourth-order valence-electron chi connectivity index (χ4n) is 1.77. The fourth-order valence-corrected chi connectivity index (χ4v) is 1.77. The van der Waals surface area contributed by atoms with Gasteiger partial charge < -0.3 is 20.4 Å². The lowest BCUT2D eigenvalue weighted by atomic mass is 10.2. The second-order valence-electron chi connectivity index (χ2n) is 4.30. The molecular formula is C15H17N3O3. The lowest BCUT2D eigenvalue weighted by molar-refractivity contribution is 0.318. The summed E-state index contributed by atoms with van der Waals surface area (Å²) in [4.78, 5) is 4.28. The van der Waals surface area contributed by atoms with Crippen molar-refractivity contribution in [2.45, 2.75) is 13.8 Å². The molecule has 1 heterocycles. The highest BCUT2D eigenvalue weighted by Gasteiger charge is 2.12. The zero-order valence-electron chi connectivity index (χ0n) is 11.9. The molecule has 0 saturated carbocycles. The molecule has 0 aliphatic carbocycles. The fraction of sp³-hybridized carbons (Fsp3) is 0.200. The molecule has 1 aromatic heterocycles. The lowest BCUT2D eigenvalue weighted by Gasteiger charge is -2.11. The van der Waals surface area contributed by atoms with Gasteiger partial charge in [0, 0.05) is 11.8 Å². The first-order valence-corrected chi connectivity index (χ1v) is 6.50. The minimum Gasteiger partial charge on any atom is -0.494 e. The lowest BCUT2D eigenvalue weighted by Crippen LogP contribution is -2.15. The topological polar surface area (TPSA) is 90.0 Å². The molecule has 6 heteroatoms. The predicted molar refractivity (Wildman–Crippen MR) is 79.2 cm³/mol. The van der Waals surface area contributed by atoms with Crippen molar-refractivity contribution in [2.75, 3.05) is 6.61 Å². The van der Waals surface area contributed by atoms with Gasteiger partial charge in [-0.3, -0.25) is 0 Å². The van der Waals surface area contributed by atoms with Gasteiger partial charge in [0.2, 0.25) is 5.88 Å². The summed E-state index contributed by atoms with van der Waals surface area (Å²) in [6, 6.07) is 10.6. The number of hydrogen-bond acceptors (Lipinski definition) is 5. The van der Waals surface area contributed by atoms with E-state index < -0.39 is 0 Å². The number of amidine groups is 1. The third kappa shape index (κ3) is 3.62. The smallest absolute Gasteiger partial charge is 0.230 e. The van der Waals surface area contributed by atoms with Crippen molar-refractivity contribution in [2.24, 2.45) is 10.9 Å². The molecule has 6 nitrogen and oxygen atoms in total. The highest BCUT2D eigenvalue weighted by Crippen LogP contribution is 2.26. The number of pyridine rings is 1. The van der Waals surface area contributed by atoms with E-state index in [0.29, 0.717) is 23.7 Å². The van der Waals surface area contributed by atoms with Crippen LogP contribution in [0, 0.1) is 6.92 Å². The van der Waals surface area contributed by atoms with Crippen molar-refractivity contribution in [1.82, 2.24) is 4.98 Å². The number of ether oxygens (including phenoxy) is 2. The first kappa shape index (κ1) is 14.6. The molecule has 0 spiro atoms. The van der Waals surface area contributed by atoms with Gasteiger partial charge in [0.1, 0.15) is 11.5 Å². The predicted octanol–water partition coefficient (Wildman–Crippen LogP) is 2.68. The summed E-state index contributed by atoms with van der Waals surface area (Å²) in [7, 11) is 0. The molecule has 0 atom stereocenters. The maximum absolute atomic E-state index is 8.82. The summed E-state index contributed by atoms with van der Waals surface area (Å²) in [5.41, 5.74) is 6.82. The first-order valence-electron chi connectivity index (χ1n) is 6.50. The molecule has 3 N–H and O–H groups in total. The molecule has 1 aromatic carbocycles. The molecule has 0 amide bonds. The summed E-state index contributed by atoms with van der Waals surface area (Å²) >= 11 is 0. The number of oxime groups is 1. The first-order chi connectivity index (χ1) is 10.1. The molecule has 0 bridgehead atoms. The highest BCUT2D eigenvalue weighted by molar-refractivity contribution is 5.99. The minimum atomic E-state index is -0.0570. The van der Waals surface area contributed by atoms with Gasteiger partial charge in [-0.1, -0.05) is 11.2 Å². The van der Waals surface area contributed by atoms with Crippen LogP contribution in [0.15, 0.2) is 41.6 Å². The van der Waals surface area contributed by atoms with Crippen molar-refractivity contribution in [1.29, 1.82) is 0 Å². The Bertz CT molecular complexity index is 656. The zero-order valence-corrected chi connectivity index (χ0v) is 11.9. The molecule has 0 unspecified atom stereocenters. The quantitative estimate of drug-likeness (QED) is 0.382. The van der Waals surface area contributed by atoms with Crippen LogP contribution < -0.4 is 15.2 Å². The molecule has 0 aliphatic rings. The summed E-state index contributed by atoms with van der Waals surface area (Å²) in [6.45, 7) is 4.31. The maximum atomic E-state index is 8.82. The normalized spacial score (nSPS) is 11.2. The molecule has 2 rings (SSSR count). The Hall–Kier alpha value is -2.76. The molecule has 2 aromatic rings. The van der Waals surface area contributed by atoms with E-state index in [0.717, 1.165) is 5.69 Å². The van der Waals surface area contributed by atoms with Crippen LogP contribution in [0.4, 0.5) is 0 Å². The van der Waals surface area contributed by atoms with Crippen LogP contribution in [0.5, 0.6) is 17.4 Å². The minimum absolute atomic E-state index is 0.0570. The SMILES string of the molecule is CCOc1cccc(Oc2nc(C)ccc2C(N)=NO)c1. The van der Waals surface area contributed by atoms with E-state index in [1.54, 1.807) is 24.3 Å². The Morgan fingerprint density at radius 1 is 1.29 bits per heavy atom. The molecular weight excluding hydrogens is 270 g/mol. The standard InChI is InChI=1S/C15H17N3O3/c1-3-20-11-5-4-6-12(9-11)21-15-13(14(16)18-19)8-7-10(2)17-15/h4-9,19H,3H2,1-2H3,(H2,16,18). The third-order valence-corrected chi connectivity index (χ3v) is 2.71. The third-order valence-electron chi connectivity index (χ3n) is 2.71. The van der Waals surface area contributed by atoms with Gasteiger partial charge in [0.25, 0.3) is 0 Å². The van der Waals surface area contributed by atoms with Gasteiger partial charge in [-0.15, -0.1) is 0 Å². The molecule has 0 radical (unpaired) electrons. The van der Waals surface area contributed by atoms with E-state index in [9.17, 15) is 0 Å². The van der Waals surface area contributed by atoms with Crippen LogP contribution in [0.1, 0.15) is 18.2 Å². The van der Waals surface area contributed by atoms with E-state index >= 15 is 0 Å². The van der Waals surface area contributed by atoms with Crippen molar-refractivity contribution in [3.8, 4) is 17.4 Å². The van der Waals surface area contributed by atoms with Crippen LogP contribution >= 0.6 is 0 Å². The van der Waals surface area contributed by atoms with E-state index in [1.165, 1.54) is 0 Å². The molecule has 110 valence electrons. The second kappa shape index (κ2) is 6.60. The Kier molecular flexibility index (Phi) is 4.61. The van der Waals surface area contributed by atoms with Crippen molar-refractivity contribution < 1.29 is 14.7 Å². The van der Waals surface area contributed by atoms with Crippen LogP contribution in [0.3, 0.4) is 0 Å². The van der Waals surface area contributed by atoms with E-state index in [-0.39, 0.29) is 11.7 Å². The Labute approximate surface area is 122 Å². The van der Waals surface area contributed by atoms with E-state index in [1.807, 2.05) is 26.0 Å². The molecule has 0 fully saturated rings. The van der Waals surface area contributed by atoms with Gasteiger partial charge >= 0.3 is 0 Å². The number of nitrogens with two attached hydrogens (primary N) is 1. The molecule has 21 heavy (non-hydrogen) atoms. The Morgan fingerprint density at radius 3 is 2.76 bits per heavy atom. The maximum Gasteiger partial charge on any atom is 0.230 e. The van der Waals surface area contributed by atoms with Gasteiger partial charge in [0.05, 0.1) is 12.2 Å². The number of benzene rings is 1. The van der Waals surface area contributed by atoms with E-state index in [2.05, 4.69) is 10.1 Å². The molecule has 0 aliphatic heterocycles. The Balaban J connectivity index is 2.34. The highest BCUT2D eigenvalue weighted by atomic mass is 16.5. The largest absolute Gasteiger partial charge is 0.494 e. The number of aromatic nitrogens is 1. The summed E-state index contributed by atoms with van der Waals surface area (Å²) < 4.78 is 11.2. The number of hydrogen-bond donors (Lipinski definition) is 2. The summed E-state index contributed by atoms with van der Waals surface area (Å²) in [5, 5.41) is 11.8. The van der Waals surface area contributed by atoms with E-state index in [4.69, 9.17) is 20.4 Å². The van der Waals surface area contributed by atoms with Gasteiger partial charge in [0.15, 0.2) is 5.84 Å². The molecule has 0 saturated heterocycles. The van der Waals surface area contributed by atoms with Gasteiger partial charge in [-0.05, 0) is 38.1 Å². The number of rotatable bonds is 5. The monoisotopic (exact) mass is 287 g/mol. The van der Waals surface area contributed by atoms with Crippen molar-refractivity contribution in [3.05, 3.63) is 47.7 Å². The Morgan fingerprint density at radius 2 is 2.05 bits per heavy atom. The van der Waals surface area contributed by atoms with Crippen LogP contribution in [0.25, 0.3) is 0 Å². The van der Waals surface area contributed by atoms with Crippen molar-refractivity contribution in [3.63, 3.8) is 0 Å². The summed E-state index contributed by atoms with van der Waals surface area (Å²) in [5.74, 6) is 1.48. The summed E-state index contributed by atoms with van der Waals surface area (Å²) in [6.07, 6.45) is 0. The zero-order chi connectivity index (χ0) is 15.2. The van der Waals surface area contributed by atoms with Crippen molar-refractivity contribution >= 4 is 5.84 Å². The average molecular weight is 287 g/mol. The number of aryl methyl sites for hydroxylation is 1. The van der Waals surface area contributed by atoms with Crippen LogP contribution in [-0.4, -0.2) is 22.6 Å². The van der Waals surface area contributed by atoms with Crippen LogP contribution in [-0.2, 0) is 0 Å². The van der Waals surface area contributed by atoms with Gasteiger partial charge in [-0.2, -0.15) is 0 Å².